The van der Waals surface area contributed by atoms with Gasteiger partial charge in [0.25, 0.3) is 5.91 Å². The maximum atomic E-state index is 11.6. The Bertz CT molecular complexity index is 393. The van der Waals surface area contributed by atoms with Gasteiger partial charge < -0.3 is 9.87 Å². The van der Waals surface area contributed by atoms with Crippen LogP contribution in [0.3, 0.4) is 0 Å². The molecule has 5 heteroatoms. The molecule has 1 rings (SSSR count). The third-order valence-corrected chi connectivity index (χ3v) is 2.74. The van der Waals surface area contributed by atoms with Crippen LogP contribution < -0.4 is 5.32 Å². The summed E-state index contributed by atoms with van der Waals surface area (Å²) in [5.41, 5.74) is 0.373. The van der Waals surface area contributed by atoms with E-state index in [9.17, 15) is 13.6 Å². The van der Waals surface area contributed by atoms with Crippen LogP contribution >= 0.6 is 0 Å². The molecule has 4 nitrogen and oxygen atoms in total. The van der Waals surface area contributed by atoms with E-state index in [2.05, 4.69) is 5.32 Å². The van der Waals surface area contributed by atoms with Crippen LogP contribution in [0.25, 0.3) is 0 Å². The maximum Gasteiger partial charge on any atom is 0.251 e. The number of rotatable bonds is 5. The quantitative estimate of drug-likeness (QED) is 0.625. The zero-order valence-electron chi connectivity index (χ0n) is 9.06. The normalized spacial score (nSPS) is 12.1. The summed E-state index contributed by atoms with van der Waals surface area (Å²) in [7, 11) is 0. The zero-order chi connectivity index (χ0) is 12.0. The number of carbonyl (C=O) groups excluding carboxylic acids is 1. The molecule has 0 saturated heterocycles. The van der Waals surface area contributed by atoms with Gasteiger partial charge in [-0.25, -0.2) is 0 Å². The van der Waals surface area contributed by atoms with Gasteiger partial charge in [-0.1, -0.05) is 19.4 Å². The second kappa shape index (κ2) is 6.40. The predicted octanol–water partition coefficient (Wildman–Crippen LogP) is 1.45. The molecule has 1 atom stereocenters. The summed E-state index contributed by atoms with van der Waals surface area (Å²) in [5, 5.41) is 2.73. The van der Waals surface area contributed by atoms with Gasteiger partial charge in [0, 0.05) is 17.0 Å². The molecule has 0 aliphatic carbocycles. The molecule has 0 aliphatic rings. The lowest BCUT2D eigenvalue weighted by Gasteiger charge is -2.08. The zero-order valence-corrected chi connectivity index (χ0v) is 9.88. The Hall–Kier alpha value is -1.20. The fraction of sp³-hybridized carbons (Fsp3) is 0.364. The molecule has 0 fully saturated rings. The summed E-state index contributed by atoms with van der Waals surface area (Å²) in [4.78, 5) is 11.7. The molecule has 1 aromatic carbocycles. The summed E-state index contributed by atoms with van der Waals surface area (Å²) in [5.74, 6) is -0.235. The largest absolute Gasteiger partial charge is 0.768 e. The first-order valence-electron chi connectivity index (χ1n) is 5.12. The number of amides is 1. The van der Waals surface area contributed by atoms with Crippen LogP contribution in [0.4, 0.5) is 0 Å². The number of hydrogen-bond donors (Lipinski definition) is 1. The van der Waals surface area contributed by atoms with Crippen molar-refractivity contribution >= 4 is 17.0 Å². The van der Waals surface area contributed by atoms with Crippen molar-refractivity contribution in [2.45, 2.75) is 24.7 Å². The Morgan fingerprint density at radius 1 is 1.50 bits per heavy atom. The number of unbranched alkanes of at least 4 members (excludes halogenated alkanes) is 1. The van der Waals surface area contributed by atoms with E-state index in [-0.39, 0.29) is 10.8 Å². The van der Waals surface area contributed by atoms with E-state index in [1.807, 2.05) is 6.92 Å². The predicted molar refractivity (Wildman–Crippen MR) is 60.9 cm³/mol. The number of hydrogen-bond acceptors (Lipinski definition) is 3. The highest BCUT2D eigenvalue weighted by Gasteiger charge is 2.05. The Balaban J connectivity index is 2.68. The fourth-order valence-electron chi connectivity index (χ4n) is 1.22. The monoisotopic (exact) mass is 240 g/mol. The molecule has 1 amide bonds. The van der Waals surface area contributed by atoms with Crippen molar-refractivity contribution in [1.29, 1.82) is 0 Å². The highest BCUT2D eigenvalue weighted by atomic mass is 32.2. The first-order valence-corrected chi connectivity index (χ1v) is 6.20. The lowest BCUT2D eigenvalue weighted by atomic mass is 10.2. The van der Waals surface area contributed by atoms with Crippen LogP contribution in [0.1, 0.15) is 30.1 Å². The summed E-state index contributed by atoms with van der Waals surface area (Å²) in [6.07, 6.45) is 1.92. The van der Waals surface area contributed by atoms with E-state index < -0.39 is 11.1 Å². The molecule has 0 bridgehead atoms. The minimum absolute atomic E-state index is 0.128. The number of carbonyl (C=O) groups is 1. The van der Waals surface area contributed by atoms with Gasteiger partial charge in [0.05, 0.1) is 0 Å². The number of nitrogens with one attached hydrogen (secondary N) is 1. The Morgan fingerprint density at radius 3 is 2.88 bits per heavy atom. The minimum atomic E-state index is -2.29. The summed E-state index contributed by atoms with van der Waals surface area (Å²) >= 11 is -2.29. The molecular formula is C11H14NO3S-. The van der Waals surface area contributed by atoms with Crippen molar-refractivity contribution in [2.75, 3.05) is 6.54 Å². The molecular weight excluding hydrogens is 226 g/mol. The molecule has 0 heterocycles. The van der Waals surface area contributed by atoms with Crippen LogP contribution in [0.15, 0.2) is 29.2 Å². The summed E-state index contributed by atoms with van der Waals surface area (Å²) in [6, 6.07) is 5.97. The highest BCUT2D eigenvalue weighted by Crippen LogP contribution is 2.08. The first-order chi connectivity index (χ1) is 7.65. The van der Waals surface area contributed by atoms with Crippen LogP contribution in [0.2, 0.25) is 0 Å². The summed E-state index contributed by atoms with van der Waals surface area (Å²) in [6.45, 7) is 2.65. The molecule has 0 saturated carbocycles. The van der Waals surface area contributed by atoms with Crippen molar-refractivity contribution < 1.29 is 13.6 Å². The minimum Gasteiger partial charge on any atom is -0.768 e. The highest BCUT2D eigenvalue weighted by molar-refractivity contribution is 7.79. The summed E-state index contributed by atoms with van der Waals surface area (Å²) < 4.78 is 21.4. The Morgan fingerprint density at radius 2 is 2.25 bits per heavy atom. The molecule has 0 aliphatic heterocycles. The molecule has 1 aromatic rings. The SMILES string of the molecule is CCCCNC(=O)c1cccc(S(=O)[O-])c1. The molecule has 1 N–H and O–H groups in total. The molecule has 88 valence electrons. The molecule has 1 unspecified atom stereocenters. The third kappa shape index (κ3) is 3.75. The van der Waals surface area contributed by atoms with E-state index in [4.69, 9.17) is 0 Å². The Kier molecular flexibility index (Phi) is 5.14. The first kappa shape index (κ1) is 12.9. The van der Waals surface area contributed by atoms with Crippen molar-refractivity contribution in [1.82, 2.24) is 5.32 Å². The van der Waals surface area contributed by atoms with Gasteiger partial charge >= 0.3 is 0 Å². The van der Waals surface area contributed by atoms with Crippen molar-refractivity contribution in [3.63, 3.8) is 0 Å². The molecule has 0 aromatic heterocycles. The van der Waals surface area contributed by atoms with Gasteiger partial charge in [0.2, 0.25) is 0 Å². The van der Waals surface area contributed by atoms with E-state index in [1.165, 1.54) is 12.1 Å². The van der Waals surface area contributed by atoms with Crippen LogP contribution in [-0.4, -0.2) is 21.2 Å². The van der Waals surface area contributed by atoms with E-state index in [0.717, 1.165) is 12.8 Å². The van der Waals surface area contributed by atoms with E-state index >= 15 is 0 Å². The van der Waals surface area contributed by atoms with Gasteiger partial charge in [-0.05, 0) is 35.7 Å². The van der Waals surface area contributed by atoms with E-state index in [0.29, 0.717) is 12.1 Å². The van der Waals surface area contributed by atoms with Crippen LogP contribution in [-0.2, 0) is 11.1 Å². The average Bonchev–Trinajstić information content (AvgIpc) is 2.29. The van der Waals surface area contributed by atoms with Crippen LogP contribution in [0, 0.1) is 0 Å². The van der Waals surface area contributed by atoms with Gasteiger partial charge in [0.15, 0.2) is 0 Å². The van der Waals surface area contributed by atoms with Crippen molar-refractivity contribution in [3.8, 4) is 0 Å². The smallest absolute Gasteiger partial charge is 0.251 e. The van der Waals surface area contributed by atoms with Gasteiger partial charge in [-0.3, -0.25) is 9.00 Å². The lowest BCUT2D eigenvalue weighted by molar-refractivity contribution is 0.0953. The molecule has 16 heavy (non-hydrogen) atoms. The number of benzene rings is 1. The lowest BCUT2D eigenvalue weighted by Crippen LogP contribution is -2.24. The average molecular weight is 240 g/mol. The molecule has 0 spiro atoms. The second-order valence-corrected chi connectivity index (χ2v) is 4.31. The van der Waals surface area contributed by atoms with Crippen LogP contribution in [0.5, 0.6) is 0 Å². The Labute approximate surface area is 97.3 Å². The van der Waals surface area contributed by atoms with Gasteiger partial charge in [-0.15, -0.1) is 0 Å². The standard InChI is InChI=1S/C11H15NO3S/c1-2-3-7-12-11(13)9-5-4-6-10(8-9)16(14)15/h4-6,8H,2-3,7H2,1H3,(H,12,13)(H,14,15)/p-1. The maximum absolute atomic E-state index is 11.6. The second-order valence-electron chi connectivity index (χ2n) is 3.37. The topological polar surface area (TPSA) is 69.2 Å². The van der Waals surface area contributed by atoms with Crippen molar-refractivity contribution in [3.05, 3.63) is 29.8 Å². The van der Waals surface area contributed by atoms with Gasteiger partial charge in [0.1, 0.15) is 0 Å². The fourth-order valence-corrected chi connectivity index (χ4v) is 1.63. The van der Waals surface area contributed by atoms with E-state index in [1.54, 1.807) is 12.1 Å². The molecule has 0 radical (unpaired) electrons. The van der Waals surface area contributed by atoms with Gasteiger partial charge in [-0.2, -0.15) is 0 Å². The third-order valence-electron chi connectivity index (χ3n) is 2.10. The van der Waals surface area contributed by atoms with Crippen molar-refractivity contribution in [2.24, 2.45) is 0 Å².